The molecule has 0 aliphatic carbocycles. The van der Waals surface area contributed by atoms with Crippen LogP contribution in [0.4, 0.5) is 0 Å². The Hall–Kier alpha value is -1.57. The molecule has 0 spiro atoms. The topological polar surface area (TPSA) is 37.3 Å². The summed E-state index contributed by atoms with van der Waals surface area (Å²) in [6, 6.07) is 4.25. The highest BCUT2D eigenvalue weighted by Crippen LogP contribution is 2.20. The normalized spacial score (nSPS) is 10.9. The summed E-state index contributed by atoms with van der Waals surface area (Å²) >= 11 is 0. The highest BCUT2D eigenvalue weighted by atomic mass is 16.4. The van der Waals surface area contributed by atoms with E-state index in [1.165, 1.54) is 22.8 Å². The molecule has 0 fully saturated rings. The third-order valence-corrected chi connectivity index (χ3v) is 2.65. The maximum atomic E-state index is 10.6. The molecule has 16 heavy (non-hydrogen) atoms. The van der Waals surface area contributed by atoms with Crippen LogP contribution in [0, 0.1) is 6.92 Å². The van der Waals surface area contributed by atoms with Gasteiger partial charge in [-0.25, -0.2) is 4.79 Å². The molecule has 0 aliphatic rings. The van der Waals surface area contributed by atoms with Crippen LogP contribution >= 0.6 is 0 Å². The first kappa shape index (κ1) is 12.5. The number of rotatable bonds is 4. The summed E-state index contributed by atoms with van der Waals surface area (Å²) in [5, 5.41) is 8.67. The van der Waals surface area contributed by atoms with E-state index < -0.39 is 5.97 Å². The quantitative estimate of drug-likeness (QED) is 0.788. The third kappa shape index (κ3) is 2.96. The molecule has 0 unspecified atom stereocenters. The highest BCUT2D eigenvalue weighted by Gasteiger charge is 2.05. The molecule has 2 heteroatoms. The number of aliphatic carboxylic acids is 1. The summed E-state index contributed by atoms with van der Waals surface area (Å²) in [7, 11) is 0. The van der Waals surface area contributed by atoms with Gasteiger partial charge in [0.2, 0.25) is 0 Å². The van der Waals surface area contributed by atoms with Crippen LogP contribution in [0.15, 0.2) is 18.2 Å². The molecule has 1 aromatic rings. The Bertz CT molecular complexity index is 392. The van der Waals surface area contributed by atoms with Crippen molar-refractivity contribution in [3.8, 4) is 0 Å². The lowest BCUT2D eigenvalue weighted by Gasteiger charge is -2.11. The Morgan fingerprint density at radius 3 is 2.12 bits per heavy atom. The first-order valence-corrected chi connectivity index (χ1v) is 5.61. The van der Waals surface area contributed by atoms with E-state index in [4.69, 9.17) is 5.11 Å². The van der Waals surface area contributed by atoms with Crippen LogP contribution in [0.2, 0.25) is 0 Å². The zero-order valence-corrected chi connectivity index (χ0v) is 10.1. The smallest absolute Gasteiger partial charge is 0.328 e. The molecule has 1 rings (SSSR count). The average Bonchev–Trinajstić information content (AvgIpc) is 2.25. The molecule has 2 nitrogen and oxygen atoms in total. The van der Waals surface area contributed by atoms with E-state index in [0.29, 0.717) is 0 Å². The van der Waals surface area contributed by atoms with Crippen molar-refractivity contribution < 1.29 is 9.90 Å². The van der Waals surface area contributed by atoms with Crippen molar-refractivity contribution in [2.45, 2.75) is 33.6 Å². The highest BCUT2D eigenvalue weighted by molar-refractivity contribution is 5.86. The van der Waals surface area contributed by atoms with E-state index in [2.05, 4.69) is 32.9 Å². The fourth-order valence-corrected chi connectivity index (χ4v) is 1.91. The molecule has 86 valence electrons. The lowest BCUT2D eigenvalue weighted by Crippen LogP contribution is -1.96. The Balaban J connectivity index is 3.27. The van der Waals surface area contributed by atoms with Crippen LogP contribution in [-0.2, 0) is 17.6 Å². The average molecular weight is 218 g/mol. The second-order valence-electron chi connectivity index (χ2n) is 3.88. The molecule has 0 saturated carbocycles. The predicted molar refractivity (Wildman–Crippen MR) is 66.6 cm³/mol. The van der Waals surface area contributed by atoms with Gasteiger partial charge in [0, 0.05) is 6.08 Å². The van der Waals surface area contributed by atoms with E-state index in [9.17, 15) is 4.79 Å². The van der Waals surface area contributed by atoms with E-state index in [-0.39, 0.29) is 0 Å². The van der Waals surface area contributed by atoms with Crippen molar-refractivity contribution in [2.24, 2.45) is 0 Å². The van der Waals surface area contributed by atoms with Crippen molar-refractivity contribution in [3.05, 3.63) is 40.5 Å². The van der Waals surface area contributed by atoms with E-state index in [1.54, 1.807) is 6.08 Å². The Morgan fingerprint density at radius 2 is 1.75 bits per heavy atom. The van der Waals surface area contributed by atoms with Crippen molar-refractivity contribution >= 4 is 12.0 Å². The van der Waals surface area contributed by atoms with E-state index in [1.807, 2.05) is 0 Å². The first-order chi connectivity index (χ1) is 7.58. The van der Waals surface area contributed by atoms with Gasteiger partial charge in [-0.3, -0.25) is 0 Å². The standard InChI is InChI=1S/C14H18O2/c1-4-11-8-10(3)9-12(5-2)13(11)6-7-14(15)16/h6-9H,4-5H2,1-3H3,(H,15,16)/b7-6+. The first-order valence-electron chi connectivity index (χ1n) is 5.61. The van der Waals surface area contributed by atoms with Crippen molar-refractivity contribution in [3.63, 3.8) is 0 Å². The van der Waals surface area contributed by atoms with Crippen LogP contribution in [0.5, 0.6) is 0 Å². The van der Waals surface area contributed by atoms with Crippen LogP contribution < -0.4 is 0 Å². The molecule has 1 N–H and O–H groups in total. The maximum Gasteiger partial charge on any atom is 0.328 e. The molecule has 0 aliphatic heterocycles. The monoisotopic (exact) mass is 218 g/mol. The van der Waals surface area contributed by atoms with Crippen LogP contribution in [0.25, 0.3) is 6.08 Å². The minimum Gasteiger partial charge on any atom is -0.478 e. The second kappa shape index (κ2) is 5.50. The summed E-state index contributed by atoms with van der Waals surface area (Å²) in [5.74, 6) is -0.898. The Labute approximate surface area is 96.6 Å². The molecule has 0 heterocycles. The molecule has 0 radical (unpaired) electrons. The molecule has 0 bridgehead atoms. The number of hydrogen-bond acceptors (Lipinski definition) is 1. The van der Waals surface area contributed by atoms with E-state index >= 15 is 0 Å². The van der Waals surface area contributed by atoms with Gasteiger partial charge < -0.3 is 5.11 Å². The summed E-state index contributed by atoms with van der Waals surface area (Å²) in [6.45, 7) is 6.25. The molecular formula is C14H18O2. The van der Waals surface area contributed by atoms with Gasteiger partial charge in [0.15, 0.2) is 0 Å². The van der Waals surface area contributed by atoms with Crippen molar-refractivity contribution in [1.29, 1.82) is 0 Å². The molecule has 0 aromatic heterocycles. The SMILES string of the molecule is CCc1cc(C)cc(CC)c1/C=C/C(=O)O. The fourth-order valence-electron chi connectivity index (χ4n) is 1.91. The second-order valence-corrected chi connectivity index (χ2v) is 3.88. The lowest BCUT2D eigenvalue weighted by atomic mass is 9.94. The lowest BCUT2D eigenvalue weighted by molar-refractivity contribution is -0.131. The predicted octanol–water partition coefficient (Wildman–Crippen LogP) is 3.22. The molecular weight excluding hydrogens is 200 g/mol. The fraction of sp³-hybridized carbons (Fsp3) is 0.357. The minimum absolute atomic E-state index is 0.898. The van der Waals surface area contributed by atoms with Crippen molar-refractivity contribution in [2.75, 3.05) is 0 Å². The number of hydrogen-bond donors (Lipinski definition) is 1. The van der Waals surface area contributed by atoms with Gasteiger partial charge in [0.05, 0.1) is 0 Å². The van der Waals surface area contributed by atoms with E-state index in [0.717, 1.165) is 18.4 Å². The van der Waals surface area contributed by atoms with Crippen LogP contribution in [0.1, 0.15) is 36.1 Å². The van der Waals surface area contributed by atoms with Gasteiger partial charge in [-0.15, -0.1) is 0 Å². The summed E-state index contributed by atoms with van der Waals surface area (Å²) in [6.07, 6.45) is 4.77. The molecule has 0 amide bonds. The number of benzene rings is 1. The summed E-state index contributed by atoms with van der Waals surface area (Å²) < 4.78 is 0. The number of carbonyl (C=O) groups is 1. The zero-order valence-electron chi connectivity index (χ0n) is 10.1. The number of carboxylic acid groups (broad SMARTS) is 1. The zero-order chi connectivity index (χ0) is 12.1. The van der Waals surface area contributed by atoms with Gasteiger partial charge in [-0.1, -0.05) is 31.5 Å². The van der Waals surface area contributed by atoms with Crippen molar-refractivity contribution in [1.82, 2.24) is 0 Å². The minimum atomic E-state index is -0.898. The number of carboxylic acids is 1. The van der Waals surface area contributed by atoms with Crippen LogP contribution in [-0.4, -0.2) is 11.1 Å². The van der Waals surface area contributed by atoms with Gasteiger partial charge in [-0.05, 0) is 42.5 Å². The van der Waals surface area contributed by atoms with Crippen LogP contribution in [0.3, 0.4) is 0 Å². The maximum absolute atomic E-state index is 10.6. The molecule has 1 aromatic carbocycles. The molecule has 0 saturated heterocycles. The van der Waals surface area contributed by atoms with Gasteiger partial charge in [-0.2, -0.15) is 0 Å². The molecule has 0 atom stereocenters. The summed E-state index contributed by atoms with van der Waals surface area (Å²) in [5.41, 5.74) is 4.74. The Morgan fingerprint density at radius 1 is 1.25 bits per heavy atom. The summed E-state index contributed by atoms with van der Waals surface area (Å²) in [4.78, 5) is 10.6. The number of aryl methyl sites for hydroxylation is 3. The largest absolute Gasteiger partial charge is 0.478 e. The Kier molecular flexibility index (Phi) is 4.29. The van der Waals surface area contributed by atoms with Gasteiger partial charge >= 0.3 is 5.97 Å². The van der Waals surface area contributed by atoms with Gasteiger partial charge in [0.25, 0.3) is 0 Å². The van der Waals surface area contributed by atoms with Gasteiger partial charge in [0.1, 0.15) is 0 Å². The third-order valence-electron chi connectivity index (χ3n) is 2.65.